The summed E-state index contributed by atoms with van der Waals surface area (Å²) in [5.41, 5.74) is 0. The van der Waals surface area contributed by atoms with Crippen molar-refractivity contribution in [2.75, 3.05) is 0 Å². The van der Waals surface area contributed by atoms with Crippen LogP contribution in [0.2, 0.25) is 0 Å². The van der Waals surface area contributed by atoms with Gasteiger partial charge in [0.25, 0.3) is 15.3 Å². The quantitative estimate of drug-likeness (QED) is 0.166. The standard InChI is InChI=1S/Bi.3HNO3.5H2O/c;3*2-1(3)4;;;;;/h;3*(H,2,3,4);5*1H2/q+3;;;;;;;;. The van der Waals surface area contributed by atoms with Crippen LogP contribution in [-0.4, -0.2) is 84.5 Å². The van der Waals surface area contributed by atoms with Gasteiger partial charge in [0.05, 0.1) is 0 Å². The first-order valence-corrected chi connectivity index (χ1v) is 1.70. The first-order chi connectivity index (χ1) is 5.20. The summed E-state index contributed by atoms with van der Waals surface area (Å²) in [6.45, 7) is 0. The minimum atomic E-state index is -1.50. The Balaban J connectivity index is -0.00000000827. The molecule has 0 aliphatic carbocycles. The van der Waals surface area contributed by atoms with Crippen molar-refractivity contribution >= 4 is 26.2 Å². The van der Waals surface area contributed by atoms with Gasteiger partial charge < -0.3 is 43.0 Å². The van der Waals surface area contributed by atoms with Gasteiger partial charge in [0, 0.05) is 0 Å². The molecule has 17 nitrogen and oxygen atoms in total. The van der Waals surface area contributed by atoms with Gasteiger partial charge in [-0.2, -0.15) is 0 Å². The maximum absolute atomic E-state index is 8.36. The molecule has 18 heteroatoms. The maximum atomic E-state index is 8.36. The van der Waals surface area contributed by atoms with Crippen molar-refractivity contribution in [1.82, 2.24) is 0 Å². The van der Waals surface area contributed by atoms with E-state index in [2.05, 4.69) is 0 Å². The molecule has 0 aliphatic rings. The fourth-order valence-corrected chi connectivity index (χ4v) is 0. The van der Waals surface area contributed by atoms with Crippen molar-refractivity contribution in [1.29, 1.82) is 0 Å². The molecule has 0 rings (SSSR count). The molecule has 0 aromatic heterocycles. The van der Waals surface area contributed by atoms with Gasteiger partial charge >= 0.3 is 26.2 Å². The van der Waals surface area contributed by atoms with Gasteiger partial charge in [0.15, 0.2) is 0 Å². The summed E-state index contributed by atoms with van der Waals surface area (Å²) in [6, 6.07) is 0. The molecular weight excluding hydrogens is 475 g/mol. The largest absolute Gasteiger partial charge is 3.00 e. The molecule has 0 saturated carbocycles. The van der Waals surface area contributed by atoms with E-state index in [1.807, 2.05) is 0 Å². The van der Waals surface area contributed by atoms with Crippen molar-refractivity contribution < 1.29 is 58.3 Å². The van der Waals surface area contributed by atoms with E-state index in [-0.39, 0.29) is 53.6 Å². The van der Waals surface area contributed by atoms with Gasteiger partial charge in [-0.15, -0.1) is 30.3 Å². The maximum Gasteiger partial charge on any atom is 3.00 e. The minimum absolute atomic E-state index is 0. The van der Waals surface area contributed by atoms with Crippen molar-refractivity contribution in [3.8, 4) is 0 Å². The molecular formula is H13BiN3O14+3. The summed E-state index contributed by atoms with van der Waals surface area (Å²) < 4.78 is 0. The Morgan fingerprint density at radius 2 is 0.556 bits per heavy atom. The van der Waals surface area contributed by atoms with Crippen LogP contribution in [-0.2, 0) is 0 Å². The van der Waals surface area contributed by atoms with E-state index in [1.165, 1.54) is 0 Å². The van der Waals surface area contributed by atoms with Crippen LogP contribution in [0.1, 0.15) is 0 Å². The zero-order valence-electron chi connectivity index (χ0n) is 8.08. The van der Waals surface area contributed by atoms with Crippen LogP contribution in [0, 0.1) is 30.3 Å². The molecule has 114 valence electrons. The van der Waals surface area contributed by atoms with Gasteiger partial charge in [-0.3, -0.25) is 0 Å². The molecule has 2 radical (unpaired) electrons. The van der Waals surface area contributed by atoms with Gasteiger partial charge in [0.2, 0.25) is 0 Å². The molecule has 0 saturated heterocycles. The van der Waals surface area contributed by atoms with Crippen LogP contribution in [0.4, 0.5) is 0 Å². The van der Waals surface area contributed by atoms with Crippen LogP contribution < -0.4 is 0 Å². The molecule has 0 atom stereocenters. The minimum Gasteiger partial charge on any atom is -0.412 e. The Morgan fingerprint density at radius 3 is 0.556 bits per heavy atom. The second-order valence-electron chi connectivity index (χ2n) is 0.714. The van der Waals surface area contributed by atoms with Crippen molar-refractivity contribution in [3.05, 3.63) is 30.3 Å². The summed E-state index contributed by atoms with van der Waals surface area (Å²) >= 11 is 0. The molecule has 0 spiro atoms. The smallest absolute Gasteiger partial charge is 0.412 e. The fraction of sp³-hybridized carbons (Fsp3) is 0. The van der Waals surface area contributed by atoms with Gasteiger partial charge in [-0.1, -0.05) is 0 Å². The molecule has 0 unspecified atom stereocenters. The first kappa shape index (κ1) is 71.7. The van der Waals surface area contributed by atoms with Gasteiger partial charge in [-0.05, 0) is 0 Å². The third-order valence-corrected chi connectivity index (χ3v) is 0. The van der Waals surface area contributed by atoms with Crippen LogP contribution in [0.25, 0.3) is 0 Å². The number of nitrogens with zero attached hydrogens (tertiary/aromatic N) is 3. The van der Waals surface area contributed by atoms with Gasteiger partial charge in [0.1, 0.15) is 0 Å². The van der Waals surface area contributed by atoms with Crippen LogP contribution >= 0.6 is 0 Å². The predicted octanol–water partition coefficient (Wildman–Crippen LogP) is -5.55. The van der Waals surface area contributed by atoms with E-state index < -0.39 is 15.3 Å². The summed E-state index contributed by atoms with van der Waals surface area (Å²) in [6.07, 6.45) is 0. The Labute approximate surface area is 115 Å². The molecule has 0 fully saturated rings. The Hall–Kier alpha value is -1.72. The summed E-state index contributed by atoms with van der Waals surface area (Å²) in [5.74, 6) is 0. The zero-order chi connectivity index (χ0) is 10.7. The molecule has 0 amide bonds. The van der Waals surface area contributed by atoms with Crippen molar-refractivity contribution in [2.45, 2.75) is 0 Å². The van der Waals surface area contributed by atoms with E-state index in [0.29, 0.717) is 0 Å². The number of hydrogen-bond donors (Lipinski definition) is 3. The van der Waals surface area contributed by atoms with Crippen LogP contribution in [0.5, 0.6) is 0 Å². The average molecular weight is 488 g/mol. The molecule has 0 bridgehead atoms. The summed E-state index contributed by atoms with van der Waals surface area (Å²) in [4.78, 5) is 25.1. The second-order valence-corrected chi connectivity index (χ2v) is 0.714. The summed E-state index contributed by atoms with van der Waals surface area (Å²) in [5, 5.41) is 40.9. The Morgan fingerprint density at radius 1 is 0.556 bits per heavy atom. The molecule has 18 heavy (non-hydrogen) atoms. The third kappa shape index (κ3) is 855. The van der Waals surface area contributed by atoms with E-state index in [1.54, 1.807) is 0 Å². The fourth-order valence-electron chi connectivity index (χ4n) is 0. The average Bonchev–Trinajstić information content (AvgIpc) is 1.54. The normalized spacial score (nSPS) is 4.00. The van der Waals surface area contributed by atoms with Crippen LogP contribution in [0.3, 0.4) is 0 Å². The topological polar surface area (TPSA) is 348 Å². The third-order valence-electron chi connectivity index (χ3n) is 0. The second kappa shape index (κ2) is 58.8. The molecule has 0 aromatic carbocycles. The molecule has 0 aliphatic heterocycles. The van der Waals surface area contributed by atoms with Gasteiger partial charge in [-0.25, -0.2) is 0 Å². The zero-order valence-corrected chi connectivity index (χ0v) is 11.6. The number of hydrogen-bond acceptors (Lipinski definition) is 6. The van der Waals surface area contributed by atoms with E-state index in [4.69, 9.17) is 46.0 Å². The van der Waals surface area contributed by atoms with Crippen LogP contribution in [0.15, 0.2) is 0 Å². The monoisotopic (exact) mass is 488 g/mol. The van der Waals surface area contributed by atoms with Crippen molar-refractivity contribution in [3.63, 3.8) is 0 Å². The molecule has 0 aromatic rings. The van der Waals surface area contributed by atoms with E-state index in [9.17, 15) is 0 Å². The first-order valence-electron chi connectivity index (χ1n) is 1.70. The van der Waals surface area contributed by atoms with E-state index in [0.717, 1.165) is 0 Å². The predicted molar refractivity (Wildman–Crippen MR) is 50.2 cm³/mol. The summed E-state index contributed by atoms with van der Waals surface area (Å²) in [7, 11) is 0. The Kier molecular flexibility index (Phi) is 234. The Bertz CT molecular complexity index is 115. The van der Waals surface area contributed by atoms with Crippen molar-refractivity contribution in [2.24, 2.45) is 0 Å². The molecule has 13 N–H and O–H groups in total. The SMILES string of the molecule is O.O.O.O.O.O=[N+]([O-])O.O=[N+]([O-])O.O=[N+]([O-])O.[Bi+3]. The molecule has 0 heterocycles. The van der Waals surface area contributed by atoms with E-state index >= 15 is 0 Å². The number of rotatable bonds is 0.